The Labute approximate surface area is 104 Å². The molecule has 84 valence electrons. The Kier molecular flexibility index (Phi) is 2.37. The molecule has 0 aliphatic rings. The van der Waals surface area contributed by atoms with Gasteiger partial charge in [-0.05, 0) is 31.2 Å². The van der Waals surface area contributed by atoms with Crippen LogP contribution in [0.2, 0.25) is 5.02 Å². The van der Waals surface area contributed by atoms with Crippen molar-refractivity contribution < 1.29 is 0 Å². The molecular formula is C14H11ClN2. The lowest BCUT2D eigenvalue weighted by molar-refractivity contribution is 0.994. The average Bonchev–Trinajstić information content (AvgIpc) is 2.66. The SMILES string of the molecule is Cc1cc2ccccc2n1-c1ncccc1Cl. The summed E-state index contributed by atoms with van der Waals surface area (Å²) < 4.78 is 2.08. The first-order valence-corrected chi connectivity index (χ1v) is 5.83. The Bertz CT molecular complexity index is 686. The van der Waals surface area contributed by atoms with Crippen LogP contribution < -0.4 is 0 Å². The highest BCUT2D eigenvalue weighted by Gasteiger charge is 2.10. The minimum absolute atomic E-state index is 0.664. The molecule has 0 radical (unpaired) electrons. The topological polar surface area (TPSA) is 17.8 Å². The summed E-state index contributed by atoms with van der Waals surface area (Å²) in [5, 5.41) is 1.86. The number of benzene rings is 1. The van der Waals surface area contributed by atoms with Gasteiger partial charge in [-0.2, -0.15) is 0 Å². The molecular weight excluding hydrogens is 232 g/mol. The molecule has 0 aliphatic heterocycles. The van der Waals surface area contributed by atoms with E-state index in [1.54, 1.807) is 6.20 Å². The van der Waals surface area contributed by atoms with Gasteiger partial charge in [-0.15, -0.1) is 0 Å². The van der Waals surface area contributed by atoms with Crippen molar-refractivity contribution in [2.24, 2.45) is 0 Å². The lowest BCUT2D eigenvalue weighted by Crippen LogP contribution is -1.99. The maximum atomic E-state index is 6.20. The van der Waals surface area contributed by atoms with Gasteiger partial charge in [-0.3, -0.25) is 4.57 Å². The van der Waals surface area contributed by atoms with Crippen molar-refractivity contribution in [3.63, 3.8) is 0 Å². The van der Waals surface area contributed by atoms with E-state index in [0.29, 0.717) is 5.02 Å². The fourth-order valence-corrected chi connectivity index (χ4v) is 2.32. The Morgan fingerprint density at radius 3 is 2.76 bits per heavy atom. The highest BCUT2D eigenvalue weighted by molar-refractivity contribution is 6.32. The zero-order valence-corrected chi connectivity index (χ0v) is 10.1. The predicted octanol–water partition coefficient (Wildman–Crippen LogP) is 3.99. The first kappa shape index (κ1) is 10.4. The number of para-hydroxylation sites is 1. The summed E-state index contributed by atoms with van der Waals surface area (Å²) in [5.74, 6) is 0.785. The van der Waals surface area contributed by atoms with Crippen molar-refractivity contribution >= 4 is 22.5 Å². The van der Waals surface area contributed by atoms with E-state index in [0.717, 1.165) is 17.0 Å². The van der Waals surface area contributed by atoms with Crippen LogP contribution in [0.15, 0.2) is 48.7 Å². The summed E-state index contributed by atoms with van der Waals surface area (Å²) >= 11 is 6.20. The number of pyridine rings is 1. The summed E-state index contributed by atoms with van der Waals surface area (Å²) in [5.41, 5.74) is 2.26. The predicted molar refractivity (Wildman–Crippen MR) is 70.8 cm³/mol. The van der Waals surface area contributed by atoms with E-state index in [4.69, 9.17) is 11.6 Å². The zero-order valence-electron chi connectivity index (χ0n) is 9.39. The van der Waals surface area contributed by atoms with E-state index >= 15 is 0 Å². The molecule has 3 heteroatoms. The fourth-order valence-electron chi connectivity index (χ4n) is 2.12. The summed E-state index contributed by atoms with van der Waals surface area (Å²) in [6.07, 6.45) is 1.76. The van der Waals surface area contributed by atoms with Crippen LogP contribution in [0.1, 0.15) is 5.69 Å². The van der Waals surface area contributed by atoms with Crippen molar-refractivity contribution in [3.05, 3.63) is 59.4 Å². The molecule has 0 N–H and O–H groups in total. The van der Waals surface area contributed by atoms with Gasteiger partial charge >= 0.3 is 0 Å². The highest BCUT2D eigenvalue weighted by atomic mass is 35.5. The summed E-state index contributed by atoms with van der Waals surface area (Å²) in [6, 6.07) is 14.1. The minimum atomic E-state index is 0.664. The van der Waals surface area contributed by atoms with Crippen LogP contribution in [-0.2, 0) is 0 Å². The third kappa shape index (κ3) is 1.61. The molecule has 17 heavy (non-hydrogen) atoms. The lowest BCUT2D eigenvalue weighted by Gasteiger charge is -2.08. The van der Waals surface area contributed by atoms with Gasteiger partial charge in [0.25, 0.3) is 0 Å². The smallest absolute Gasteiger partial charge is 0.156 e. The van der Waals surface area contributed by atoms with Gasteiger partial charge in [0.05, 0.1) is 10.5 Å². The molecule has 0 saturated heterocycles. The van der Waals surface area contributed by atoms with Crippen LogP contribution in [0.3, 0.4) is 0 Å². The van der Waals surface area contributed by atoms with E-state index in [9.17, 15) is 0 Å². The normalized spacial score (nSPS) is 10.9. The van der Waals surface area contributed by atoms with Crippen LogP contribution in [0.4, 0.5) is 0 Å². The molecule has 0 atom stereocenters. The largest absolute Gasteiger partial charge is 0.297 e. The van der Waals surface area contributed by atoms with E-state index < -0.39 is 0 Å². The van der Waals surface area contributed by atoms with Crippen molar-refractivity contribution in [1.82, 2.24) is 9.55 Å². The first-order valence-electron chi connectivity index (χ1n) is 5.45. The van der Waals surface area contributed by atoms with Gasteiger partial charge in [0, 0.05) is 17.3 Å². The van der Waals surface area contributed by atoms with Gasteiger partial charge in [-0.25, -0.2) is 4.98 Å². The zero-order chi connectivity index (χ0) is 11.8. The third-order valence-corrected chi connectivity index (χ3v) is 3.14. The molecule has 0 fully saturated rings. The number of rotatable bonds is 1. The molecule has 3 rings (SSSR count). The summed E-state index contributed by atoms with van der Waals surface area (Å²) in [6.45, 7) is 2.06. The highest BCUT2D eigenvalue weighted by Crippen LogP contribution is 2.26. The van der Waals surface area contributed by atoms with Gasteiger partial charge in [0.1, 0.15) is 0 Å². The Hall–Kier alpha value is -1.80. The van der Waals surface area contributed by atoms with Gasteiger partial charge in [-0.1, -0.05) is 29.8 Å². The van der Waals surface area contributed by atoms with E-state index in [-0.39, 0.29) is 0 Å². The van der Waals surface area contributed by atoms with E-state index in [1.807, 2.05) is 24.3 Å². The number of aryl methyl sites for hydroxylation is 1. The molecule has 2 aromatic heterocycles. The van der Waals surface area contributed by atoms with Crippen molar-refractivity contribution in [2.45, 2.75) is 6.92 Å². The summed E-state index contributed by atoms with van der Waals surface area (Å²) in [4.78, 5) is 4.36. The molecule has 0 aliphatic carbocycles. The number of fused-ring (bicyclic) bond motifs is 1. The lowest BCUT2D eigenvalue weighted by atomic mass is 10.2. The number of hydrogen-bond donors (Lipinski definition) is 0. The summed E-state index contributed by atoms with van der Waals surface area (Å²) in [7, 11) is 0. The van der Waals surface area contributed by atoms with Gasteiger partial charge in [0.15, 0.2) is 5.82 Å². The molecule has 0 amide bonds. The number of halogens is 1. The molecule has 0 saturated carbocycles. The molecule has 2 heterocycles. The monoisotopic (exact) mass is 242 g/mol. The van der Waals surface area contributed by atoms with Crippen molar-refractivity contribution in [1.29, 1.82) is 0 Å². The second-order valence-corrected chi connectivity index (χ2v) is 4.40. The third-order valence-electron chi connectivity index (χ3n) is 2.85. The van der Waals surface area contributed by atoms with Gasteiger partial charge in [0.2, 0.25) is 0 Å². The molecule has 1 aromatic carbocycles. The Morgan fingerprint density at radius 2 is 1.94 bits per heavy atom. The molecule has 0 bridgehead atoms. The fraction of sp³-hybridized carbons (Fsp3) is 0.0714. The van der Waals surface area contributed by atoms with Crippen LogP contribution in [-0.4, -0.2) is 9.55 Å². The molecule has 0 spiro atoms. The molecule has 3 aromatic rings. The first-order chi connectivity index (χ1) is 8.27. The van der Waals surface area contributed by atoms with Crippen molar-refractivity contribution in [2.75, 3.05) is 0 Å². The maximum absolute atomic E-state index is 6.20. The standard InChI is InChI=1S/C14H11ClN2/c1-10-9-11-5-2-3-7-13(11)17(10)14-12(15)6-4-8-16-14/h2-9H,1H3. The van der Waals surface area contributed by atoms with Crippen LogP contribution in [0.5, 0.6) is 0 Å². The quantitative estimate of drug-likeness (QED) is 0.631. The number of aromatic nitrogens is 2. The molecule has 2 nitrogen and oxygen atoms in total. The van der Waals surface area contributed by atoms with E-state index in [1.165, 1.54) is 5.39 Å². The number of nitrogens with zero attached hydrogens (tertiary/aromatic N) is 2. The second-order valence-electron chi connectivity index (χ2n) is 3.99. The van der Waals surface area contributed by atoms with Crippen LogP contribution in [0, 0.1) is 6.92 Å². The Morgan fingerprint density at radius 1 is 1.12 bits per heavy atom. The van der Waals surface area contributed by atoms with Crippen LogP contribution >= 0.6 is 11.6 Å². The number of hydrogen-bond acceptors (Lipinski definition) is 1. The van der Waals surface area contributed by atoms with E-state index in [2.05, 4.69) is 34.7 Å². The maximum Gasteiger partial charge on any atom is 0.156 e. The van der Waals surface area contributed by atoms with Crippen LogP contribution in [0.25, 0.3) is 16.7 Å². The average molecular weight is 243 g/mol. The Balaban J connectivity index is 2.38. The second kappa shape index (κ2) is 3.90. The molecule has 0 unspecified atom stereocenters. The van der Waals surface area contributed by atoms with Gasteiger partial charge < -0.3 is 0 Å². The minimum Gasteiger partial charge on any atom is -0.297 e. The van der Waals surface area contributed by atoms with Crippen molar-refractivity contribution in [3.8, 4) is 5.82 Å².